The van der Waals surface area contributed by atoms with E-state index in [1.807, 2.05) is 13.8 Å². The van der Waals surface area contributed by atoms with E-state index in [9.17, 15) is 19.5 Å². The highest BCUT2D eigenvalue weighted by Crippen LogP contribution is 2.65. The van der Waals surface area contributed by atoms with Gasteiger partial charge in [0.05, 0.1) is 12.6 Å². The second-order valence-corrected chi connectivity index (χ2v) is 13.9. The lowest BCUT2D eigenvalue weighted by atomic mass is 9.78. The molecule has 0 spiro atoms. The molecular formula is C29H51N3O5. The fourth-order valence-corrected chi connectivity index (χ4v) is 6.49. The Balaban J connectivity index is 1.91. The minimum absolute atomic E-state index is 0.0180. The van der Waals surface area contributed by atoms with E-state index in [2.05, 4.69) is 24.5 Å². The van der Waals surface area contributed by atoms with Crippen molar-refractivity contribution in [2.45, 2.75) is 130 Å². The van der Waals surface area contributed by atoms with Crippen molar-refractivity contribution in [2.24, 2.45) is 22.7 Å². The summed E-state index contributed by atoms with van der Waals surface area (Å²) in [6, 6.07) is -1.72. The van der Waals surface area contributed by atoms with Gasteiger partial charge in [-0.2, -0.15) is 0 Å². The number of carbonyl (C=O) groups is 3. The van der Waals surface area contributed by atoms with Crippen LogP contribution < -0.4 is 10.6 Å². The van der Waals surface area contributed by atoms with Crippen LogP contribution in [0, 0.1) is 22.7 Å². The first-order valence-corrected chi connectivity index (χ1v) is 14.4. The monoisotopic (exact) mass is 521 g/mol. The van der Waals surface area contributed by atoms with Crippen LogP contribution >= 0.6 is 0 Å². The van der Waals surface area contributed by atoms with Crippen molar-refractivity contribution < 1.29 is 24.2 Å². The molecule has 3 amide bonds. The molecular weight excluding hydrogens is 470 g/mol. The van der Waals surface area contributed by atoms with Crippen LogP contribution in [-0.2, 0) is 14.3 Å². The number of hydrogen-bond donors (Lipinski definition) is 3. The maximum atomic E-state index is 14.2. The Morgan fingerprint density at radius 1 is 1.05 bits per heavy atom. The zero-order valence-electron chi connectivity index (χ0n) is 24.2. The van der Waals surface area contributed by atoms with E-state index in [-0.39, 0.29) is 41.7 Å². The van der Waals surface area contributed by atoms with Crippen molar-refractivity contribution in [2.75, 3.05) is 13.2 Å². The third-order valence-corrected chi connectivity index (χ3v) is 8.89. The molecule has 3 fully saturated rings. The summed E-state index contributed by atoms with van der Waals surface area (Å²) in [6.07, 6.45) is 8.45. The molecule has 0 aromatic carbocycles. The smallest absolute Gasteiger partial charge is 0.408 e. The number of alkyl carbamates (subject to hydrolysis) is 1. The van der Waals surface area contributed by atoms with Crippen molar-refractivity contribution in [3.63, 3.8) is 0 Å². The number of nitrogens with one attached hydrogen (secondary N) is 2. The third kappa shape index (κ3) is 7.18. The lowest BCUT2D eigenvalue weighted by molar-refractivity contribution is -0.144. The first-order chi connectivity index (χ1) is 17.2. The van der Waals surface area contributed by atoms with Gasteiger partial charge < -0.3 is 25.4 Å². The molecule has 3 N–H and O–H groups in total. The highest BCUT2D eigenvalue weighted by Gasteiger charge is 2.69. The third-order valence-electron chi connectivity index (χ3n) is 8.89. The number of rotatable bonds is 2. The average Bonchev–Trinajstić information content (AvgIpc) is 3.12. The number of fused-ring (bicyclic) bond motifs is 3. The van der Waals surface area contributed by atoms with Gasteiger partial charge in [-0.25, -0.2) is 4.79 Å². The number of aliphatic hydroxyl groups is 1. The van der Waals surface area contributed by atoms with Gasteiger partial charge in [-0.15, -0.1) is 0 Å². The topological polar surface area (TPSA) is 108 Å². The van der Waals surface area contributed by atoms with Crippen molar-refractivity contribution in [1.82, 2.24) is 15.5 Å². The van der Waals surface area contributed by atoms with Crippen LogP contribution in [0.25, 0.3) is 0 Å². The van der Waals surface area contributed by atoms with Gasteiger partial charge in [0.1, 0.15) is 17.7 Å². The van der Waals surface area contributed by atoms with Gasteiger partial charge in [-0.1, -0.05) is 72.6 Å². The van der Waals surface area contributed by atoms with Crippen LogP contribution in [-0.4, -0.2) is 64.8 Å². The minimum Gasteiger partial charge on any atom is -0.444 e. The van der Waals surface area contributed by atoms with Crippen LogP contribution in [0.2, 0.25) is 0 Å². The Hall–Kier alpha value is -1.83. The zero-order valence-corrected chi connectivity index (χ0v) is 24.2. The predicted molar refractivity (Wildman–Crippen MR) is 144 cm³/mol. The first kappa shape index (κ1) is 29.7. The highest BCUT2D eigenvalue weighted by molar-refractivity contribution is 5.93. The number of nitrogens with zero attached hydrogens (tertiary/aromatic N) is 1. The molecule has 0 radical (unpaired) electrons. The molecule has 8 nitrogen and oxygen atoms in total. The second kappa shape index (κ2) is 11.5. The Morgan fingerprint density at radius 2 is 1.65 bits per heavy atom. The number of carbonyl (C=O) groups excluding carboxylic acids is 3. The van der Waals surface area contributed by atoms with E-state index in [0.717, 1.165) is 57.8 Å². The fourth-order valence-electron chi connectivity index (χ4n) is 6.49. The maximum Gasteiger partial charge on any atom is 0.408 e. The Labute approximate surface area is 223 Å². The standard InChI is InChI=1S/C29H51N3O5/c1-27(2,3)37-26(36)31-23-25(35)32-17-20-21(29(20,6)7)22(32)24(34)30-19(18-33)15-13-11-9-8-10-12-14-16-28(23,4)5/h19-23,33H,8-18H2,1-7H3,(H,30,34)(H,31,36)/t19-,20?,21-,22-,23+/m0/s1. The summed E-state index contributed by atoms with van der Waals surface area (Å²) in [7, 11) is 0. The molecule has 1 saturated carbocycles. The molecule has 0 aromatic rings. The molecule has 3 rings (SSSR count). The molecule has 8 heteroatoms. The molecule has 1 unspecified atom stereocenters. The van der Waals surface area contributed by atoms with E-state index in [1.165, 1.54) is 0 Å². The summed E-state index contributed by atoms with van der Waals surface area (Å²) in [5, 5.41) is 15.9. The number of ether oxygens (including phenoxy) is 1. The maximum absolute atomic E-state index is 14.2. The summed E-state index contributed by atoms with van der Waals surface area (Å²) in [6.45, 7) is 14.2. The van der Waals surface area contributed by atoms with E-state index in [4.69, 9.17) is 4.74 Å². The SMILES string of the molecule is CC(C)(C)OC(=O)N[C@@H]1C(=O)N2CC3[C@@H]([C@H]2C(=O)N[C@H](CO)CCCCCCCCCC1(C)C)C3(C)C. The molecule has 3 aliphatic rings. The lowest BCUT2D eigenvalue weighted by Gasteiger charge is -2.39. The largest absolute Gasteiger partial charge is 0.444 e. The summed E-state index contributed by atoms with van der Waals surface area (Å²) in [5.41, 5.74) is -1.22. The molecule has 37 heavy (non-hydrogen) atoms. The van der Waals surface area contributed by atoms with Crippen molar-refractivity contribution in [1.29, 1.82) is 0 Å². The van der Waals surface area contributed by atoms with Crippen LogP contribution in [0.15, 0.2) is 0 Å². The molecule has 2 saturated heterocycles. The number of amides is 3. The molecule has 5 atom stereocenters. The van der Waals surface area contributed by atoms with E-state index in [1.54, 1.807) is 25.7 Å². The Kier molecular flexibility index (Phi) is 9.24. The van der Waals surface area contributed by atoms with Gasteiger partial charge in [-0.05, 0) is 56.3 Å². The first-order valence-electron chi connectivity index (χ1n) is 14.4. The summed E-state index contributed by atoms with van der Waals surface area (Å²) >= 11 is 0. The van der Waals surface area contributed by atoms with Crippen molar-refractivity contribution in [3.05, 3.63) is 0 Å². The van der Waals surface area contributed by atoms with E-state index in [0.29, 0.717) is 6.54 Å². The Bertz CT molecular complexity index is 834. The molecule has 2 aliphatic heterocycles. The fraction of sp³-hybridized carbons (Fsp3) is 0.897. The molecule has 1 aliphatic carbocycles. The number of aliphatic hydroxyl groups excluding tert-OH is 1. The van der Waals surface area contributed by atoms with Gasteiger partial charge in [0.2, 0.25) is 11.8 Å². The zero-order chi connectivity index (χ0) is 27.6. The van der Waals surface area contributed by atoms with Crippen molar-refractivity contribution in [3.8, 4) is 0 Å². The molecule has 212 valence electrons. The highest BCUT2D eigenvalue weighted by atomic mass is 16.6. The summed E-state index contributed by atoms with van der Waals surface area (Å²) in [4.78, 5) is 42.4. The van der Waals surface area contributed by atoms with Crippen molar-refractivity contribution >= 4 is 17.9 Å². The van der Waals surface area contributed by atoms with Gasteiger partial charge >= 0.3 is 6.09 Å². The van der Waals surface area contributed by atoms with Crippen LogP contribution in [0.1, 0.15) is 106 Å². The lowest BCUT2D eigenvalue weighted by Crippen LogP contribution is -2.60. The minimum atomic E-state index is -0.803. The number of hydrogen-bond acceptors (Lipinski definition) is 5. The quantitative estimate of drug-likeness (QED) is 0.500. The summed E-state index contributed by atoms with van der Waals surface area (Å²) in [5.74, 6) is -0.0914. The van der Waals surface area contributed by atoms with Gasteiger partial charge in [0.15, 0.2) is 0 Å². The van der Waals surface area contributed by atoms with Gasteiger partial charge in [0.25, 0.3) is 0 Å². The molecule has 0 bridgehead atoms. The van der Waals surface area contributed by atoms with Gasteiger partial charge in [-0.3, -0.25) is 9.59 Å². The molecule has 0 aromatic heterocycles. The van der Waals surface area contributed by atoms with Crippen LogP contribution in [0.4, 0.5) is 4.79 Å². The normalized spacial score (nSPS) is 33.0. The molecule has 2 heterocycles. The summed E-state index contributed by atoms with van der Waals surface area (Å²) < 4.78 is 5.53. The Morgan fingerprint density at radius 3 is 2.24 bits per heavy atom. The number of piperidine rings is 1. The van der Waals surface area contributed by atoms with E-state index < -0.39 is 29.2 Å². The predicted octanol–water partition coefficient (Wildman–Crippen LogP) is 4.39. The van der Waals surface area contributed by atoms with E-state index >= 15 is 0 Å². The van der Waals surface area contributed by atoms with Gasteiger partial charge in [0, 0.05) is 6.54 Å². The van der Waals surface area contributed by atoms with Crippen LogP contribution in [0.3, 0.4) is 0 Å². The average molecular weight is 522 g/mol. The van der Waals surface area contributed by atoms with Crippen LogP contribution in [0.5, 0.6) is 0 Å². The second-order valence-electron chi connectivity index (χ2n) is 13.9.